The van der Waals surface area contributed by atoms with Crippen LogP contribution in [0.15, 0.2) is 34.6 Å². The summed E-state index contributed by atoms with van der Waals surface area (Å²) in [6.07, 6.45) is 2.16. The molecular weight excluding hydrogens is 412 g/mol. The topological polar surface area (TPSA) is 94.7 Å². The van der Waals surface area contributed by atoms with Gasteiger partial charge >= 0.3 is 0 Å². The average Bonchev–Trinajstić information content (AvgIpc) is 3.33. The van der Waals surface area contributed by atoms with Gasteiger partial charge in [0.2, 0.25) is 10.6 Å². The zero-order chi connectivity index (χ0) is 22.1. The van der Waals surface area contributed by atoms with E-state index >= 15 is 0 Å². The molecule has 1 N–H and O–H groups in total. The zero-order valence-electron chi connectivity index (χ0n) is 18.0. The van der Waals surface area contributed by atoms with E-state index in [1.54, 1.807) is 18.3 Å². The van der Waals surface area contributed by atoms with Crippen molar-refractivity contribution < 1.29 is 4.79 Å². The van der Waals surface area contributed by atoms with Gasteiger partial charge in [0.15, 0.2) is 0 Å². The second-order valence-electron chi connectivity index (χ2n) is 7.45. The third-order valence-electron chi connectivity index (χ3n) is 5.04. The lowest BCUT2D eigenvalue weighted by molar-refractivity contribution is 0.0952. The monoisotopic (exact) mass is 436 g/mol. The maximum Gasteiger partial charge on any atom is 0.256 e. The number of nitrogens with one attached hydrogen (secondary N) is 1. The van der Waals surface area contributed by atoms with E-state index in [2.05, 4.69) is 20.4 Å². The van der Waals surface area contributed by atoms with Crippen molar-refractivity contribution in [1.29, 1.82) is 0 Å². The van der Waals surface area contributed by atoms with Gasteiger partial charge in [-0.3, -0.25) is 9.59 Å². The summed E-state index contributed by atoms with van der Waals surface area (Å²) in [5, 5.41) is 10.5. The number of hydrogen-bond acceptors (Lipinski definition) is 6. The van der Waals surface area contributed by atoms with Crippen LogP contribution in [0, 0.1) is 20.8 Å². The van der Waals surface area contributed by atoms with Gasteiger partial charge < -0.3 is 9.88 Å². The molecule has 0 saturated heterocycles. The minimum atomic E-state index is -0.385. The maximum atomic E-state index is 12.8. The van der Waals surface area contributed by atoms with Gasteiger partial charge in [0.1, 0.15) is 11.2 Å². The van der Waals surface area contributed by atoms with Crippen LogP contribution >= 0.6 is 11.3 Å². The highest BCUT2D eigenvalue weighted by molar-refractivity contribution is 7.12. The van der Waals surface area contributed by atoms with Gasteiger partial charge in [-0.05, 0) is 45.9 Å². The first-order chi connectivity index (χ1) is 14.9. The first-order valence-electron chi connectivity index (χ1n) is 10.1. The smallest absolute Gasteiger partial charge is 0.256 e. The fourth-order valence-corrected chi connectivity index (χ4v) is 4.36. The Hall–Kier alpha value is -3.33. The zero-order valence-corrected chi connectivity index (χ0v) is 18.8. The molecule has 0 unspecified atom stereocenters. The van der Waals surface area contributed by atoms with Crippen molar-refractivity contribution in [3.63, 3.8) is 0 Å². The lowest BCUT2D eigenvalue weighted by Gasteiger charge is -2.11. The normalized spacial score (nSPS) is 11.2. The van der Waals surface area contributed by atoms with Crippen molar-refractivity contribution in [3.8, 4) is 5.13 Å². The van der Waals surface area contributed by atoms with Gasteiger partial charge in [0.05, 0.1) is 16.8 Å². The third kappa shape index (κ3) is 4.13. The number of rotatable bonds is 6. The molecule has 0 radical (unpaired) electrons. The Bertz CT molecular complexity index is 1330. The Morgan fingerprint density at radius 2 is 1.97 bits per heavy atom. The molecular formula is C22H24N6O2S. The Morgan fingerprint density at radius 3 is 2.68 bits per heavy atom. The Balaban J connectivity index is 1.48. The van der Waals surface area contributed by atoms with Crippen LogP contribution in [0.25, 0.3) is 16.2 Å². The van der Waals surface area contributed by atoms with E-state index in [1.807, 2.05) is 48.4 Å². The van der Waals surface area contributed by atoms with Crippen molar-refractivity contribution in [2.24, 2.45) is 0 Å². The lowest BCUT2D eigenvalue weighted by Crippen LogP contribution is -2.31. The molecule has 0 aromatic carbocycles. The number of pyridine rings is 2. The predicted octanol–water partition coefficient (Wildman–Crippen LogP) is 2.96. The number of carbonyl (C=O) groups is 1. The minimum Gasteiger partial charge on any atom is -0.351 e. The number of amides is 1. The van der Waals surface area contributed by atoms with E-state index in [0.717, 1.165) is 27.9 Å². The van der Waals surface area contributed by atoms with E-state index in [0.29, 0.717) is 30.5 Å². The van der Waals surface area contributed by atoms with E-state index in [-0.39, 0.29) is 16.9 Å². The standard InChI is InChI=1S/C22H24N6O2S/c1-5-27-11-18(19(29)17-7-6-13(2)24-20(17)27)21(30)23-9-8-16-12-31-22(25-16)28-15(4)10-14(3)26-28/h6-7,10-12H,5,8-9H2,1-4H3,(H,23,30). The third-order valence-corrected chi connectivity index (χ3v) is 5.91. The van der Waals surface area contributed by atoms with E-state index in [9.17, 15) is 9.59 Å². The van der Waals surface area contributed by atoms with Crippen molar-refractivity contribution in [1.82, 2.24) is 29.6 Å². The molecule has 4 aromatic rings. The Morgan fingerprint density at radius 1 is 1.16 bits per heavy atom. The largest absolute Gasteiger partial charge is 0.351 e. The summed E-state index contributed by atoms with van der Waals surface area (Å²) in [6, 6.07) is 5.53. The van der Waals surface area contributed by atoms with E-state index in [4.69, 9.17) is 0 Å². The number of aromatic nitrogens is 5. The molecule has 9 heteroatoms. The van der Waals surface area contributed by atoms with Crippen LogP contribution in [-0.2, 0) is 13.0 Å². The van der Waals surface area contributed by atoms with E-state index < -0.39 is 0 Å². The molecule has 4 aromatic heterocycles. The molecule has 0 aliphatic rings. The van der Waals surface area contributed by atoms with Crippen molar-refractivity contribution in [2.75, 3.05) is 6.54 Å². The van der Waals surface area contributed by atoms with Crippen LogP contribution in [-0.4, -0.2) is 36.8 Å². The molecule has 0 aliphatic carbocycles. The SMILES string of the molecule is CCn1cc(C(=O)NCCc2csc(-n3nc(C)cc3C)n2)c(=O)c2ccc(C)nc21. The fraction of sp³-hybridized carbons (Fsp3) is 0.318. The van der Waals surface area contributed by atoms with Crippen molar-refractivity contribution >= 4 is 28.3 Å². The molecule has 0 aliphatic heterocycles. The fourth-order valence-electron chi connectivity index (χ4n) is 3.49. The van der Waals surface area contributed by atoms with Gasteiger partial charge in [-0.2, -0.15) is 5.10 Å². The average molecular weight is 437 g/mol. The lowest BCUT2D eigenvalue weighted by atomic mass is 10.1. The number of aryl methyl sites for hydroxylation is 4. The molecule has 0 fully saturated rings. The van der Waals surface area contributed by atoms with Gasteiger partial charge in [-0.1, -0.05) is 0 Å². The first-order valence-corrected chi connectivity index (χ1v) is 11.0. The summed E-state index contributed by atoms with van der Waals surface area (Å²) in [7, 11) is 0. The number of hydrogen-bond donors (Lipinski definition) is 1. The van der Waals surface area contributed by atoms with Gasteiger partial charge in [-0.15, -0.1) is 11.3 Å². The summed E-state index contributed by atoms with van der Waals surface area (Å²) in [6.45, 7) is 8.77. The predicted molar refractivity (Wildman–Crippen MR) is 121 cm³/mol. The molecule has 4 rings (SSSR count). The molecule has 31 heavy (non-hydrogen) atoms. The van der Waals surface area contributed by atoms with Crippen molar-refractivity contribution in [3.05, 3.63) is 68.3 Å². The van der Waals surface area contributed by atoms with Gasteiger partial charge in [0.25, 0.3) is 5.91 Å². The van der Waals surface area contributed by atoms with Crippen LogP contribution in [0.1, 0.15) is 40.1 Å². The molecule has 0 bridgehead atoms. The van der Waals surface area contributed by atoms with Crippen LogP contribution in [0.3, 0.4) is 0 Å². The second-order valence-corrected chi connectivity index (χ2v) is 8.28. The number of nitrogens with zero attached hydrogens (tertiary/aromatic N) is 5. The van der Waals surface area contributed by atoms with Crippen molar-refractivity contribution in [2.45, 2.75) is 40.7 Å². The molecule has 8 nitrogen and oxygen atoms in total. The quantitative estimate of drug-likeness (QED) is 0.501. The number of carbonyl (C=O) groups excluding carboxylic acids is 1. The molecule has 160 valence electrons. The summed E-state index contributed by atoms with van der Waals surface area (Å²) in [5.74, 6) is -0.385. The molecule has 0 atom stereocenters. The van der Waals surface area contributed by atoms with Gasteiger partial charge in [0, 0.05) is 42.5 Å². The highest BCUT2D eigenvalue weighted by Crippen LogP contribution is 2.17. The van der Waals surface area contributed by atoms with Crippen LogP contribution < -0.4 is 10.7 Å². The van der Waals surface area contributed by atoms with Crippen LogP contribution in [0.4, 0.5) is 0 Å². The van der Waals surface area contributed by atoms with Gasteiger partial charge in [-0.25, -0.2) is 14.6 Å². The number of thiazole rings is 1. The summed E-state index contributed by atoms with van der Waals surface area (Å²) in [4.78, 5) is 34.6. The molecule has 1 amide bonds. The molecule has 0 saturated carbocycles. The maximum absolute atomic E-state index is 12.8. The summed E-state index contributed by atoms with van der Waals surface area (Å²) < 4.78 is 3.65. The van der Waals surface area contributed by atoms with Crippen LogP contribution in [0.2, 0.25) is 0 Å². The summed E-state index contributed by atoms with van der Waals surface area (Å²) >= 11 is 1.51. The van der Waals surface area contributed by atoms with E-state index in [1.165, 1.54) is 11.3 Å². The Labute approximate surface area is 183 Å². The summed E-state index contributed by atoms with van der Waals surface area (Å²) in [5.41, 5.74) is 4.10. The van der Waals surface area contributed by atoms with Crippen LogP contribution in [0.5, 0.6) is 0 Å². The Kier molecular flexibility index (Phi) is 5.69. The second kappa shape index (κ2) is 8.43. The highest BCUT2D eigenvalue weighted by Gasteiger charge is 2.16. The first kappa shape index (κ1) is 20.9. The highest BCUT2D eigenvalue weighted by atomic mass is 32.1. The molecule has 4 heterocycles. The number of fused-ring (bicyclic) bond motifs is 1. The minimum absolute atomic E-state index is 0.126. The molecule has 0 spiro atoms.